The number of anilines is 1. The zero-order chi connectivity index (χ0) is 16.0. The fraction of sp³-hybridized carbons (Fsp3) is 0.667. The molecule has 1 aromatic rings. The van der Waals surface area contributed by atoms with Crippen molar-refractivity contribution in [2.75, 3.05) is 18.0 Å². The summed E-state index contributed by atoms with van der Waals surface area (Å²) in [5.74, 6) is 0. The highest BCUT2D eigenvalue weighted by atomic mass is 32.1. The Morgan fingerprint density at radius 2 is 2.05 bits per heavy atom. The lowest BCUT2D eigenvalue weighted by atomic mass is 9.88. The van der Waals surface area contributed by atoms with Crippen molar-refractivity contribution in [2.45, 2.75) is 47.1 Å². The quantitative estimate of drug-likeness (QED) is 0.746. The van der Waals surface area contributed by atoms with Gasteiger partial charge in [-0.1, -0.05) is 26.1 Å². The second-order valence-electron chi connectivity index (χ2n) is 5.80. The Hall–Kier alpha value is -1.43. The predicted octanol–water partition coefficient (Wildman–Crippen LogP) is 2.18. The first-order chi connectivity index (χ1) is 9.81. The lowest BCUT2D eigenvalue weighted by Gasteiger charge is -2.23. The first-order valence-corrected chi connectivity index (χ1v) is 7.84. The molecule has 1 rings (SSSR count). The molecule has 0 radical (unpaired) electrons. The van der Waals surface area contributed by atoms with Gasteiger partial charge < -0.3 is 10.6 Å². The van der Waals surface area contributed by atoms with E-state index >= 15 is 0 Å². The lowest BCUT2D eigenvalue weighted by Crippen LogP contribution is -2.31. The van der Waals surface area contributed by atoms with E-state index in [4.69, 9.17) is 18.0 Å². The van der Waals surface area contributed by atoms with E-state index in [0.717, 1.165) is 31.6 Å². The number of nitrogens with zero attached hydrogens (tertiary/aromatic N) is 3. The second kappa shape index (κ2) is 7.54. The summed E-state index contributed by atoms with van der Waals surface area (Å²) in [6, 6.07) is 1.65. The Bertz CT molecular complexity index is 535. The number of hydrogen-bond acceptors (Lipinski definition) is 4. The van der Waals surface area contributed by atoms with Crippen molar-refractivity contribution in [1.29, 1.82) is 0 Å². The minimum atomic E-state index is -0.180. The van der Waals surface area contributed by atoms with Crippen LogP contribution in [0.3, 0.4) is 0 Å². The number of rotatable bonds is 8. The highest BCUT2D eigenvalue weighted by Crippen LogP contribution is 2.22. The minimum Gasteiger partial charge on any atom is -0.393 e. The Labute approximate surface area is 132 Å². The third-order valence-electron chi connectivity index (χ3n) is 3.82. The molecule has 21 heavy (non-hydrogen) atoms. The van der Waals surface area contributed by atoms with E-state index in [-0.39, 0.29) is 11.0 Å². The monoisotopic (exact) mass is 310 g/mol. The molecular formula is C15H26N4OS. The van der Waals surface area contributed by atoms with Crippen LogP contribution in [0.1, 0.15) is 40.5 Å². The molecule has 0 aliphatic rings. The number of hydrogen-bond donors (Lipinski definition) is 1. The molecular weight excluding hydrogens is 284 g/mol. The Balaban J connectivity index is 2.70. The number of thiocarbonyl (C=S) groups is 1. The first-order valence-electron chi connectivity index (χ1n) is 7.43. The van der Waals surface area contributed by atoms with Gasteiger partial charge in [0, 0.05) is 31.1 Å². The van der Waals surface area contributed by atoms with Gasteiger partial charge in [-0.25, -0.2) is 4.68 Å². The largest absolute Gasteiger partial charge is 0.393 e. The molecule has 0 saturated heterocycles. The third-order valence-corrected chi connectivity index (χ3v) is 4.38. The molecule has 1 aromatic heterocycles. The van der Waals surface area contributed by atoms with Gasteiger partial charge >= 0.3 is 0 Å². The maximum Gasteiger partial charge on any atom is 0.268 e. The van der Waals surface area contributed by atoms with Crippen molar-refractivity contribution in [2.24, 2.45) is 11.1 Å². The molecule has 5 nitrogen and oxygen atoms in total. The van der Waals surface area contributed by atoms with Crippen LogP contribution in [0, 0.1) is 5.41 Å². The summed E-state index contributed by atoms with van der Waals surface area (Å²) < 4.78 is 1.50. The minimum absolute atomic E-state index is 0.0625. The zero-order valence-electron chi connectivity index (χ0n) is 13.4. The summed E-state index contributed by atoms with van der Waals surface area (Å²) in [5, 5.41) is 4.26. The van der Waals surface area contributed by atoms with E-state index in [1.807, 2.05) is 13.8 Å². The summed E-state index contributed by atoms with van der Waals surface area (Å²) in [5.41, 5.74) is 6.34. The molecule has 0 amide bonds. The smallest absolute Gasteiger partial charge is 0.268 e. The van der Waals surface area contributed by atoms with Crippen LogP contribution < -0.4 is 16.2 Å². The molecule has 118 valence electrons. The average molecular weight is 310 g/mol. The maximum absolute atomic E-state index is 12.1. The van der Waals surface area contributed by atoms with Gasteiger partial charge in [0.15, 0.2) is 0 Å². The van der Waals surface area contributed by atoms with Gasteiger partial charge in [-0.05, 0) is 26.7 Å². The van der Waals surface area contributed by atoms with Crippen molar-refractivity contribution < 1.29 is 0 Å². The van der Waals surface area contributed by atoms with Gasteiger partial charge in [-0.15, -0.1) is 0 Å². The standard InChI is InChI=1S/C15H26N4OS/c1-5-18(6-2)12-10-13(20)19(17-11-12)9-7-8-15(3,4)14(16)21/h10-11H,5-9H2,1-4H3,(H2,16,21). The van der Waals surface area contributed by atoms with E-state index in [0.29, 0.717) is 11.5 Å². The van der Waals surface area contributed by atoms with E-state index in [1.54, 1.807) is 12.3 Å². The highest BCUT2D eigenvalue weighted by Gasteiger charge is 2.20. The van der Waals surface area contributed by atoms with Crippen LogP contribution in [0.4, 0.5) is 5.69 Å². The molecule has 1 heterocycles. The molecule has 0 saturated carbocycles. The molecule has 0 aliphatic carbocycles. The number of aromatic nitrogens is 2. The van der Waals surface area contributed by atoms with E-state index in [9.17, 15) is 4.79 Å². The first kappa shape index (κ1) is 17.6. The fourth-order valence-electron chi connectivity index (χ4n) is 2.15. The molecule has 0 unspecified atom stereocenters. The van der Waals surface area contributed by atoms with Crippen LogP contribution in [0.5, 0.6) is 0 Å². The number of aryl methyl sites for hydroxylation is 1. The summed E-state index contributed by atoms with van der Waals surface area (Å²) in [6.45, 7) is 10.5. The molecule has 0 atom stereocenters. The zero-order valence-corrected chi connectivity index (χ0v) is 14.2. The van der Waals surface area contributed by atoms with Gasteiger partial charge in [0.05, 0.1) is 16.9 Å². The molecule has 6 heteroatoms. The van der Waals surface area contributed by atoms with Gasteiger partial charge in [0.1, 0.15) is 0 Å². The Kier molecular flexibility index (Phi) is 6.33. The topological polar surface area (TPSA) is 64.2 Å². The van der Waals surface area contributed by atoms with Gasteiger partial charge in [0.25, 0.3) is 5.56 Å². The van der Waals surface area contributed by atoms with Crippen molar-refractivity contribution >= 4 is 22.9 Å². The molecule has 0 aliphatic heterocycles. The van der Waals surface area contributed by atoms with Gasteiger partial charge in [-0.2, -0.15) is 5.10 Å². The highest BCUT2D eigenvalue weighted by molar-refractivity contribution is 7.80. The van der Waals surface area contributed by atoms with Gasteiger partial charge in [0.2, 0.25) is 0 Å². The van der Waals surface area contributed by atoms with E-state index < -0.39 is 0 Å². The molecule has 0 aromatic carbocycles. The van der Waals surface area contributed by atoms with Crippen LogP contribution in [0.15, 0.2) is 17.1 Å². The summed E-state index contributed by atoms with van der Waals surface area (Å²) in [7, 11) is 0. The van der Waals surface area contributed by atoms with Crippen LogP contribution >= 0.6 is 12.2 Å². The summed E-state index contributed by atoms with van der Waals surface area (Å²) >= 11 is 5.05. The fourth-order valence-corrected chi connectivity index (χ4v) is 2.25. The Morgan fingerprint density at radius 3 is 2.52 bits per heavy atom. The van der Waals surface area contributed by atoms with Crippen molar-refractivity contribution in [3.8, 4) is 0 Å². The third kappa shape index (κ3) is 4.81. The Morgan fingerprint density at radius 1 is 1.43 bits per heavy atom. The van der Waals surface area contributed by atoms with Crippen LogP contribution in [-0.4, -0.2) is 27.9 Å². The van der Waals surface area contributed by atoms with Crippen LogP contribution in [0.2, 0.25) is 0 Å². The molecule has 0 bridgehead atoms. The van der Waals surface area contributed by atoms with Crippen molar-refractivity contribution in [1.82, 2.24) is 9.78 Å². The van der Waals surface area contributed by atoms with Gasteiger partial charge in [-0.3, -0.25) is 4.79 Å². The van der Waals surface area contributed by atoms with Crippen LogP contribution in [-0.2, 0) is 6.54 Å². The maximum atomic E-state index is 12.1. The summed E-state index contributed by atoms with van der Waals surface area (Å²) in [4.78, 5) is 14.7. The SMILES string of the molecule is CCN(CC)c1cnn(CCCC(C)(C)C(N)=S)c(=O)c1. The molecule has 0 fully saturated rings. The van der Waals surface area contributed by atoms with Crippen LogP contribution in [0.25, 0.3) is 0 Å². The predicted molar refractivity (Wildman–Crippen MR) is 91.9 cm³/mol. The molecule has 2 N–H and O–H groups in total. The van der Waals surface area contributed by atoms with Crippen molar-refractivity contribution in [3.63, 3.8) is 0 Å². The molecule has 0 spiro atoms. The lowest BCUT2D eigenvalue weighted by molar-refractivity contribution is 0.419. The normalized spacial score (nSPS) is 11.4. The average Bonchev–Trinajstić information content (AvgIpc) is 2.42. The van der Waals surface area contributed by atoms with E-state index in [1.165, 1.54) is 4.68 Å². The second-order valence-corrected chi connectivity index (χ2v) is 6.24. The van der Waals surface area contributed by atoms with Crippen molar-refractivity contribution in [3.05, 3.63) is 22.6 Å². The van der Waals surface area contributed by atoms with E-state index in [2.05, 4.69) is 23.8 Å². The summed E-state index contributed by atoms with van der Waals surface area (Å²) in [6.07, 6.45) is 3.42. The number of nitrogens with two attached hydrogens (primary N) is 1.